The number of halogens is 2. The van der Waals surface area contributed by atoms with Crippen molar-refractivity contribution < 1.29 is 4.74 Å². The molecule has 1 saturated carbocycles. The van der Waals surface area contributed by atoms with Crippen LogP contribution in [0.5, 0.6) is 0 Å². The van der Waals surface area contributed by atoms with Crippen LogP contribution in [0, 0.1) is 0 Å². The summed E-state index contributed by atoms with van der Waals surface area (Å²) in [5, 5.41) is 3.50. The van der Waals surface area contributed by atoms with Gasteiger partial charge in [-0.15, -0.1) is 0 Å². The van der Waals surface area contributed by atoms with Gasteiger partial charge in [0.25, 0.3) is 0 Å². The third-order valence-electron chi connectivity index (χ3n) is 4.30. The van der Waals surface area contributed by atoms with Gasteiger partial charge in [-0.3, -0.25) is 0 Å². The Bertz CT molecular complexity index is 457. The molecule has 1 N–H and O–H groups in total. The van der Waals surface area contributed by atoms with E-state index in [4.69, 9.17) is 4.74 Å². The summed E-state index contributed by atoms with van der Waals surface area (Å²) in [6.07, 6.45) is 8.03. The quantitative estimate of drug-likeness (QED) is 0.776. The fourth-order valence-corrected chi connectivity index (χ4v) is 4.03. The van der Waals surface area contributed by atoms with Gasteiger partial charge in [-0.05, 0) is 59.8 Å². The van der Waals surface area contributed by atoms with Gasteiger partial charge < -0.3 is 10.1 Å². The molecule has 104 valence electrons. The number of anilines is 1. The summed E-state index contributed by atoms with van der Waals surface area (Å²) in [5.41, 5.74) is 1.37. The van der Waals surface area contributed by atoms with E-state index in [0.29, 0.717) is 6.10 Å². The van der Waals surface area contributed by atoms with E-state index in [1.807, 2.05) is 6.07 Å². The second-order valence-electron chi connectivity index (χ2n) is 5.67. The van der Waals surface area contributed by atoms with Gasteiger partial charge in [0.1, 0.15) is 0 Å². The highest BCUT2D eigenvalue weighted by atomic mass is 79.9. The lowest BCUT2D eigenvalue weighted by molar-refractivity contribution is -0.0307. The summed E-state index contributed by atoms with van der Waals surface area (Å²) in [5.74, 6) is 0. The molecule has 1 spiro atoms. The maximum atomic E-state index is 6.31. The minimum atomic E-state index is 0.237. The van der Waals surface area contributed by atoms with Gasteiger partial charge in [0, 0.05) is 21.2 Å². The highest BCUT2D eigenvalue weighted by molar-refractivity contribution is 9.11. The Morgan fingerprint density at radius 3 is 2.79 bits per heavy atom. The largest absolute Gasteiger partial charge is 0.381 e. The maximum Gasteiger partial charge on any atom is 0.0756 e. The first-order valence-electron chi connectivity index (χ1n) is 7.04. The SMILES string of the molecule is Brc1ccc(Br)c(NCC2CCC3(CCCC3)O2)c1. The van der Waals surface area contributed by atoms with E-state index in [1.165, 1.54) is 38.5 Å². The van der Waals surface area contributed by atoms with Gasteiger partial charge in [-0.2, -0.15) is 0 Å². The van der Waals surface area contributed by atoms with E-state index >= 15 is 0 Å². The number of benzene rings is 1. The Morgan fingerprint density at radius 2 is 2.00 bits per heavy atom. The lowest BCUT2D eigenvalue weighted by Gasteiger charge is -2.24. The lowest BCUT2D eigenvalue weighted by Crippen LogP contribution is -2.27. The van der Waals surface area contributed by atoms with Gasteiger partial charge in [-0.1, -0.05) is 28.8 Å². The Balaban J connectivity index is 1.57. The smallest absolute Gasteiger partial charge is 0.0756 e. The van der Waals surface area contributed by atoms with E-state index in [1.54, 1.807) is 0 Å². The third kappa shape index (κ3) is 3.17. The monoisotopic (exact) mass is 387 g/mol. The molecule has 1 atom stereocenters. The van der Waals surface area contributed by atoms with Gasteiger partial charge >= 0.3 is 0 Å². The zero-order valence-electron chi connectivity index (χ0n) is 10.9. The van der Waals surface area contributed by atoms with Gasteiger partial charge in [0.15, 0.2) is 0 Å². The summed E-state index contributed by atoms with van der Waals surface area (Å²) in [7, 11) is 0. The van der Waals surface area contributed by atoms with Crippen LogP contribution >= 0.6 is 31.9 Å². The molecule has 1 aromatic carbocycles. The summed E-state index contributed by atoms with van der Waals surface area (Å²) >= 11 is 7.08. The molecule has 1 unspecified atom stereocenters. The lowest BCUT2D eigenvalue weighted by atomic mass is 9.98. The van der Waals surface area contributed by atoms with E-state index in [9.17, 15) is 0 Å². The van der Waals surface area contributed by atoms with Crippen molar-refractivity contribution in [3.05, 3.63) is 27.1 Å². The fraction of sp³-hybridized carbons (Fsp3) is 0.600. The molecule has 2 nitrogen and oxygen atoms in total. The predicted octanol–water partition coefficient (Wildman–Crippen LogP) is 5.12. The van der Waals surface area contributed by atoms with Crippen molar-refractivity contribution in [1.82, 2.24) is 0 Å². The molecule has 1 aliphatic carbocycles. The first-order valence-corrected chi connectivity index (χ1v) is 8.62. The molecule has 4 heteroatoms. The zero-order chi connectivity index (χ0) is 13.3. The number of ether oxygens (including phenoxy) is 1. The molecule has 2 aliphatic rings. The first-order chi connectivity index (χ1) is 9.17. The fourth-order valence-electron chi connectivity index (χ4n) is 3.28. The van der Waals surface area contributed by atoms with Crippen LogP contribution in [0.1, 0.15) is 38.5 Å². The van der Waals surface area contributed by atoms with Crippen molar-refractivity contribution >= 4 is 37.5 Å². The van der Waals surface area contributed by atoms with Crippen molar-refractivity contribution in [2.45, 2.75) is 50.2 Å². The van der Waals surface area contributed by atoms with Gasteiger partial charge in [0.2, 0.25) is 0 Å². The van der Waals surface area contributed by atoms with E-state index in [0.717, 1.165) is 21.2 Å². The van der Waals surface area contributed by atoms with Crippen LogP contribution in [-0.4, -0.2) is 18.2 Å². The summed E-state index contributed by atoms with van der Waals surface area (Å²) in [6, 6.07) is 6.19. The van der Waals surface area contributed by atoms with Crippen molar-refractivity contribution in [1.29, 1.82) is 0 Å². The maximum absolute atomic E-state index is 6.31. The van der Waals surface area contributed by atoms with E-state index in [-0.39, 0.29) is 5.60 Å². The van der Waals surface area contributed by atoms with E-state index < -0.39 is 0 Å². The molecule has 0 amide bonds. The van der Waals surface area contributed by atoms with Crippen LogP contribution in [0.15, 0.2) is 27.1 Å². The third-order valence-corrected chi connectivity index (χ3v) is 5.49. The molecule has 3 rings (SSSR count). The van der Waals surface area contributed by atoms with Crippen molar-refractivity contribution in [2.75, 3.05) is 11.9 Å². The Kier molecular flexibility index (Phi) is 4.20. The molecule has 0 radical (unpaired) electrons. The predicted molar refractivity (Wildman–Crippen MR) is 85.6 cm³/mol. The summed E-state index contributed by atoms with van der Waals surface area (Å²) < 4.78 is 8.51. The van der Waals surface area contributed by atoms with Crippen molar-refractivity contribution in [3.63, 3.8) is 0 Å². The highest BCUT2D eigenvalue weighted by Gasteiger charge is 2.41. The van der Waals surface area contributed by atoms with Gasteiger partial charge in [0.05, 0.1) is 11.7 Å². The molecule has 1 heterocycles. The molecule has 1 aromatic rings. The number of rotatable bonds is 3. The Labute approximate surface area is 131 Å². The van der Waals surface area contributed by atoms with Crippen LogP contribution in [0.3, 0.4) is 0 Å². The van der Waals surface area contributed by atoms with Crippen molar-refractivity contribution in [3.8, 4) is 0 Å². The van der Waals surface area contributed by atoms with Crippen molar-refractivity contribution in [2.24, 2.45) is 0 Å². The van der Waals surface area contributed by atoms with Crippen LogP contribution < -0.4 is 5.32 Å². The zero-order valence-corrected chi connectivity index (χ0v) is 14.1. The minimum Gasteiger partial charge on any atom is -0.381 e. The van der Waals surface area contributed by atoms with Crippen LogP contribution in [0.4, 0.5) is 5.69 Å². The standard InChI is InChI=1S/C15H19Br2NO/c16-11-3-4-13(17)14(9-11)18-10-12-5-8-15(19-12)6-1-2-7-15/h3-4,9,12,18H,1-2,5-8,10H2. The molecule has 0 bridgehead atoms. The average Bonchev–Trinajstić information content (AvgIpc) is 3.02. The summed E-state index contributed by atoms with van der Waals surface area (Å²) in [6.45, 7) is 0.900. The normalized spacial score (nSPS) is 25.1. The topological polar surface area (TPSA) is 21.3 Å². The first kappa shape index (κ1) is 13.9. The molecule has 1 aliphatic heterocycles. The second kappa shape index (κ2) is 5.74. The van der Waals surface area contributed by atoms with E-state index in [2.05, 4.69) is 49.3 Å². The molecule has 19 heavy (non-hydrogen) atoms. The summed E-state index contributed by atoms with van der Waals surface area (Å²) in [4.78, 5) is 0. The van der Waals surface area contributed by atoms with Gasteiger partial charge in [-0.25, -0.2) is 0 Å². The Hall–Kier alpha value is -0.0600. The molecule has 1 saturated heterocycles. The van der Waals surface area contributed by atoms with Crippen LogP contribution in [-0.2, 0) is 4.74 Å². The average molecular weight is 389 g/mol. The highest BCUT2D eigenvalue weighted by Crippen LogP contribution is 2.43. The van der Waals surface area contributed by atoms with Crippen LogP contribution in [0.2, 0.25) is 0 Å². The van der Waals surface area contributed by atoms with Crippen LogP contribution in [0.25, 0.3) is 0 Å². The molecule has 2 fully saturated rings. The minimum absolute atomic E-state index is 0.237. The second-order valence-corrected chi connectivity index (χ2v) is 7.44. The molecular formula is C15H19Br2NO. The molecular weight excluding hydrogens is 370 g/mol. The number of nitrogens with one attached hydrogen (secondary N) is 1. The molecule has 0 aromatic heterocycles. The number of hydrogen-bond acceptors (Lipinski definition) is 2. The Morgan fingerprint density at radius 1 is 1.21 bits per heavy atom. The number of hydrogen-bond donors (Lipinski definition) is 1.